The van der Waals surface area contributed by atoms with Crippen molar-refractivity contribution in [1.29, 1.82) is 0 Å². The van der Waals surface area contributed by atoms with Crippen LogP contribution in [0.1, 0.15) is 11.1 Å². The molecule has 2 aromatic rings. The van der Waals surface area contributed by atoms with E-state index >= 15 is 0 Å². The summed E-state index contributed by atoms with van der Waals surface area (Å²) in [5.41, 5.74) is 2.19. The second-order valence-electron chi connectivity index (χ2n) is 7.01. The van der Waals surface area contributed by atoms with Crippen LogP contribution in [0.2, 0.25) is 5.02 Å². The van der Waals surface area contributed by atoms with Gasteiger partial charge in [-0.05, 0) is 49.8 Å². The minimum atomic E-state index is -0.139. The third-order valence-corrected chi connectivity index (χ3v) is 4.90. The van der Waals surface area contributed by atoms with E-state index in [1.807, 2.05) is 67.5 Å². The molecule has 1 atom stereocenters. The van der Waals surface area contributed by atoms with Gasteiger partial charge in [-0.2, -0.15) is 0 Å². The monoisotopic (exact) mass is 372 g/mol. The molecule has 0 bridgehead atoms. The minimum Gasteiger partial charge on any atom is -0.492 e. The molecule has 138 valence electrons. The van der Waals surface area contributed by atoms with Crippen molar-refractivity contribution in [3.8, 4) is 5.75 Å². The Morgan fingerprint density at radius 3 is 2.58 bits per heavy atom. The molecule has 0 aliphatic carbocycles. The van der Waals surface area contributed by atoms with Gasteiger partial charge in [-0.15, -0.1) is 0 Å². The Morgan fingerprint density at radius 1 is 1.12 bits per heavy atom. The molecule has 0 saturated heterocycles. The number of likely N-dealkylation sites (N-methyl/N-ethyl adjacent to an activating group) is 1. The van der Waals surface area contributed by atoms with Crippen molar-refractivity contribution in [3.63, 3.8) is 0 Å². The molecule has 1 aliphatic heterocycles. The van der Waals surface area contributed by atoms with Crippen molar-refractivity contribution >= 4 is 17.5 Å². The Morgan fingerprint density at radius 2 is 1.85 bits per heavy atom. The standard InChI is InChI=1S/C21H25ClN2O2/c1-23(2)11-12-24(14-16-7-9-19(22)10-8-16)21(25)18-13-17-5-3-4-6-20(17)26-15-18/h3-10,18H,11-15H2,1-2H3. The van der Waals surface area contributed by atoms with Gasteiger partial charge in [0.1, 0.15) is 12.4 Å². The summed E-state index contributed by atoms with van der Waals surface area (Å²) in [6.45, 7) is 2.53. The van der Waals surface area contributed by atoms with Gasteiger partial charge in [-0.1, -0.05) is 41.9 Å². The highest BCUT2D eigenvalue weighted by molar-refractivity contribution is 6.30. The molecule has 2 aromatic carbocycles. The maximum Gasteiger partial charge on any atom is 0.229 e. The van der Waals surface area contributed by atoms with Gasteiger partial charge in [0.25, 0.3) is 0 Å². The number of halogens is 1. The number of amides is 1. The van der Waals surface area contributed by atoms with Crippen molar-refractivity contribution < 1.29 is 9.53 Å². The van der Waals surface area contributed by atoms with Gasteiger partial charge >= 0.3 is 0 Å². The lowest BCUT2D eigenvalue weighted by atomic mass is 9.95. The summed E-state index contributed by atoms with van der Waals surface area (Å²) in [6.07, 6.45) is 0.730. The van der Waals surface area contributed by atoms with Gasteiger partial charge in [0.05, 0.1) is 5.92 Å². The third kappa shape index (κ3) is 4.77. The van der Waals surface area contributed by atoms with E-state index in [1.165, 1.54) is 0 Å². The lowest BCUT2D eigenvalue weighted by Gasteiger charge is -2.31. The van der Waals surface area contributed by atoms with E-state index in [0.29, 0.717) is 24.7 Å². The summed E-state index contributed by atoms with van der Waals surface area (Å²) in [5.74, 6) is 0.907. The Bertz CT molecular complexity index is 746. The normalized spacial score (nSPS) is 16.1. The molecule has 0 radical (unpaired) electrons. The van der Waals surface area contributed by atoms with E-state index in [1.54, 1.807) is 0 Å². The number of ether oxygens (including phenoxy) is 1. The number of hydrogen-bond acceptors (Lipinski definition) is 3. The molecule has 0 spiro atoms. The van der Waals surface area contributed by atoms with E-state index in [4.69, 9.17) is 16.3 Å². The first-order valence-electron chi connectivity index (χ1n) is 8.91. The maximum absolute atomic E-state index is 13.2. The highest BCUT2D eigenvalue weighted by Crippen LogP contribution is 2.28. The molecule has 4 nitrogen and oxygen atoms in total. The molecular weight excluding hydrogens is 348 g/mol. The number of rotatable bonds is 6. The van der Waals surface area contributed by atoms with Crippen LogP contribution in [0.15, 0.2) is 48.5 Å². The van der Waals surface area contributed by atoms with Crippen LogP contribution < -0.4 is 4.74 Å². The van der Waals surface area contributed by atoms with Crippen LogP contribution in [0.5, 0.6) is 5.75 Å². The van der Waals surface area contributed by atoms with E-state index in [-0.39, 0.29) is 11.8 Å². The van der Waals surface area contributed by atoms with Gasteiger partial charge < -0.3 is 14.5 Å². The molecule has 0 fully saturated rings. The third-order valence-electron chi connectivity index (χ3n) is 4.64. The molecule has 1 aliphatic rings. The first-order valence-corrected chi connectivity index (χ1v) is 9.29. The number of para-hydroxylation sites is 1. The molecule has 1 amide bonds. The summed E-state index contributed by atoms with van der Waals surface area (Å²) in [4.78, 5) is 17.2. The van der Waals surface area contributed by atoms with Crippen LogP contribution in [0, 0.1) is 5.92 Å². The molecule has 26 heavy (non-hydrogen) atoms. The fraction of sp³-hybridized carbons (Fsp3) is 0.381. The SMILES string of the molecule is CN(C)CCN(Cc1ccc(Cl)cc1)C(=O)C1COc2ccccc2C1. The van der Waals surface area contributed by atoms with Crippen molar-refractivity contribution in [1.82, 2.24) is 9.80 Å². The van der Waals surface area contributed by atoms with Crippen LogP contribution in [0.25, 0.3) is 0 Å². The highest BCUT2D eigenvalue weighted by atomic mass is 35.5. The largest absolute Gasteiger partial charge is 0.492 e. The molecule has 1 heterocycles. The molecule has 0 saturated carbocycles. The zero-order valence-electron chi connectivity index (χ0n) is 15.3. The average Bonchev–Trinajstić information content (AvgIpc) is 2.65. The summed E-state index contributed by atoms with van der Waals surface area (Å²) in [6, 6.07) is 15.6. The fourth-order valence-corrected chi connectivity index (χ4v) is 3.27. The van der Waals surface area contributed by atoms with Gasteiger partial charge in [-0.3, -0.25) is 4.79 Å². The Hall–Kier alpha value is -2.04. The van der Waals surface area contributed by atoms with Gasteiger partial charge in [0.15, 0.2) is 0 Å². The van der Waals surface area contributed by atoms with Crippen molar-refractivity contribution in [2.24, 2.45) is 5.92 Å². The Labute approximate surface area is 160 Å². The topological polar surface area (TPSA) is 32.8 Å². The van der Waals surface area contributed by atoms with Crippen LogP contribution in [-0.4, -0.2) is 49.5 Å². The van der Waals surface area contributed by atoms with Crippen molar-refractivity contribution in [2.75, 3.05) is 33.8 Å². The maximum atomic E-state index is 13.2. The van der Waals surface area contributed by atoms with Gasteiger partial charge in [-0.25, -0.2) is 0 Å². The number of carbonyl (C=O) groups is 1. The first kappa shape index (κ1) is 18.7. The van der Waals surface area contributed by atoms with E-state index in [0.717, 1.165) is 29.8 Å². The van der Waals surface area contributed by atoms with Gasteiger partial charge in [0.2, 0.25) is 5.91 Å². The number of hydrogen-bond donors (Lipinski definition) is 0. The number of carbonyl (C=O) groups excluding carboxylic acids is 1. The Balaban J connectivity index is 1.73. The minimum absolute atomic E-state index is 0.139. The molecular formula is C21H25ClN2O2. The molecule has 0 aromatic heterocycles. The van der Waals surface area contributed by atoms with Crippen molar-refractivity contribution in [3.05, 3.63) is 64.7 Å². The Kier molecular flexibility index (Phi) is 6.17. The van der Waals surface area contributed by atoms with E-state index in [9.17, 15) is 4.79 Å². The second kappa shape index (κ2) is 8.56. The number of benzene rings is 2. The summed E-state index contributed by atoms with van der Waals surface area (Å²) >= 11 is 5.98. The van der Waals surface area contributed by atoms with Crippen LogP contribution in [-0.2, 0) is 17.8 Å². The zero-order chi connectivity index (χ0) is 18.5. The zero-order valence-corrected chi connectivity index (χ0v) is 16.1. The lowest BCUT2D eigenvalue weighted by Crippen LogP contribution is -2.43. The van der Waals surface area contributed by atoms with Gasteiger partial charge in [0, 0.05) is 24.7 Å². The summed E-state index contributed by atoms with van der Waals surface area (Å²) in [7, 11) is 4.04. The van der Waals surface area contributed by atoms with Crippen LogP contribution in [0.4, 0.5) is 0 Å². The van der Waals surface area contributed by atoms with Crippen LogP contribution in [0.3, 0.4) is 0 Å². The molecule has 0 N–H and O–H groups in total. The van der Waals surface area contributed by atoms with Crippen LogP contribution >= 0.6 is 11.6 Å². The average molecular weight is 373 g/mol. The highest BCUT2D eigenvalue weighted by Gasteiger charge is 2.29. The van der Waals surface area contributed by atoms with E-state index < -0.39 is 0 Å². The number of nitrogens with zero attached hydrogens (tertiary/aromatic N) is 2. The molecule has 1 unspecified atom stereocenters. The van der Waals surface area contributed by atoms with Crippen molar-refractivity contribution in [2.45, 2.75) is 13.0 Å². The predicted octanol–water partition coefficient (Wildman–Crippen LogP) is 3.48. The fourth-order valence-electron chi connectivity index (χ4n) is 3.14. The first-order chi connectivity index (χ1) is 12.5. The second-order valence-corrected chi connectivity index (χ2v) is 7.45. The predicted molar refractivity (Wildman–Crippen MR) is 105 cm³/mol. The quantitative estimate of drug-likeness (QED) is 0.778. The summed E-state index contributed by atoms with van der Waals surface area (Å²) in [5, 5.41) is 0.706. The lowest BCUT2D eigenvalue weighted by molar-refractivity contribution is -0.137. The molecule has 5 heteroatoms. The smallest absolute Gasteiger partial charge is 0.229 e. The summed E-state index contributed by atoms with van der Waals surface area (Å²) < 4.78 is 5.82. The molecule has 3 rings (SSSR count). The number of fused-ring (bicyclic) bond motifs is 1. The van der Waals surface area contributed by atoms with E-state index in [2.05, 4.69) is 4.90 Å².